The van der Waals surface area contributed by atoms with Crippen molar-refractivity contribution in [3.05, 3.63) is 23.8 Å². The SMILES string of the molecule is Cc1ccc(N)c(S(=O)(=O)CC(C)O)c1. The summed E-state index contributed by atoms with van der Waals surface area (Å²) < 4.78 is 23.6. The van der Waals surface area contributed by atoms with Gasteiger partial charge in [0.05, 0.1) is 22.4 Å². The van der Waals surface area contributed by atoms with E-state index in [4.69, 9.17) is 10.8 Å². The number of aliphatic hydroxyl groups is 1. The molecule has 3 N–H and O–H groups in total. The summed E-state index contributed by atoms with van der Waals surface area (Å²) >= 11 is 0. The van der Waals surface area contributed by atoms with Crippen LogP contribution in [0.3, 0.4) is 0 Å². The Morgan fingerprint density at radius 2 is 2.07 bits per heavy atom. The minimum absolute atomic E-state index is 0.100. The molecule has 84 valence electrons. The molecule has 1 unspecified atom stereocenters. The van der Waals surface area contributed by atoms with Crippen molar-refractivity contribution in [1.29, 1.82) is 0 Å². The Morgan fingerprint density at radius 1 is 1.47 bits per heavy atom. The molecular weight excluding hydrogens is 214 g/mol. The molecule has 0 fully saturated rings. The molecule has 0 aliphatic rings. The minimum atomic E-state index is -3.49. The highest BCUT2D eigenvalue weighted by atomic mass is 32.2. The van der Waals surface area contributed by atoms with Gasteiger partial charge in [0.1, 0.15) is 0 Å². The first-order chi connectivity index (χ1) is 6.83. The van der Waals surface area contributed by atoms with E-state index < -0.39 is 15.9 Å². The summed E-state index contributed by atoms with van der Waals surface area (Å²) in [4.78, 5) is 0.100. The standard InChI is InChI=1S/C10H15NO3S/c1-7-3-4-9(11)10(5-7)15(13,14)6-8(2)12/h3-5,8,12H,6,11H2,1-2H3. The molecule has 1 aromatic rings. The van der Waals surface area contributed by atoms with Gasteiger partial charge >= 0.3 is 0 Å². The number of aryl methyl sites for hydroxylation is 1. The molecule has 0 saturated carbocycles. The molecule has 15 heavy (non-hydrogen) atoms. The highest BCUT2D eigenvalue weighted by molar-refractivity contribution is 7.91. The summed E-state index contributed by atoms with van der Waals surface area (Å²) in [6.07, 6.45) is -0.894. The van der Waals surface area contributed by atoms with Gasteiger partial charge in [-0.05, 0) is 31.5 Å². The number of benzene rings is 1. The van der Waals surface area contributed by atoms with Crippen LogP contribution in [0.2, 0.25) is 0 Å². The third kappa shape index (κ3) is 2.94. The maximum Gasteiger partial charge on any atom is 0.182 e. The molecule has 0 bridgehead atoms. The van der Waals surface area contributed by atoms with Gasteiger partial charge in [0.2, 0.25) is 0 Å². The maximum absolute atomic E-state index is 11.8. The topological polar surface area (TPSA) is 80.4 Å². The van der Waals surface area contributed by atoms with Gasteiger partial charge in [0, 0.05) is 0 Å². The molecule has 0 amide bonds. The predicted octanol–water partition coefficient (Wildman–Crippen LogP) is 0.732. The fourth-order valence-corrected chi connectivity index (χ4v) is 2.93. The fourth-order valence-electron chi connectivity index (χ4n) is 1.32. The molecule has 4 nitrogen and oxygen atoms in total. The lowest BCUT2D eigenvalue weighted by Crippen LogP contribution is -2.18. The molecule has 0 aliphatic carbocycles. The lowest BCUT2D eigenvalue weighted by molar-refractivity contribution is 0.218. The predicted molar refractivity (Wildman–Crippen MR) is 59.3 cm³/mol. The smallest absolute Gasteiger partial charge is 0.182 e. The average molecular weight is 229 g/mol. The number of anilines is 1. The number of sulfone groups is 1. The summed E-state index contributed by atoms with van der Waals surface area (Å²) in [6, 6.07) is 4.83. The first-order valence-electron chi connectivity index (χ1n) is 4.60. The van der Waals surface area contributed by atoms with Crippen molar-refractivity contribution in [3.8, 4) is 0 Å². The third-order valence-corrected chi connectivity index (χ3v) is 3.91. The second-order valence-corrected chi connectivity index (χ2v) is 5.67. The molecule has 0 heterocycles. The molecule has 5 heteroatoms. The van der Waals surface area contributed by atoms with Crippen molar-refractivity contribution in [2.75, 3.05) is 11.5 Å². The molecule has 1 aromatic carbocycles. The van der Waals surface area contributed by atoms with Crippen LogP contribution in [0.25, 0.3) is 0 Å². The normalized spacial score (nSPS) is 13.8. The number of nitrogen functional groups attached to an aromatic ring is 1. The first kappa shape index (κ1) is 12.0. The van der Waals surface area contributed by atoms with Gasteiger partial charge in [-0.1, -0.05) is 6.07 Å². The number of nitrogens with two attached hydrogens (primary N) is 1. The third-order valence-electron chi connectivity index (χ3n) is 1.96. The molecule has 0 aromatic heterocycles. The van der Waals surface area contributed by atoms with E-state index in [1.165, 1.54) is 13.0 Å². The number of rotatable bonds is 3. The summed E-state index contributed by atoms with van der Waals surface area (Å²) in [7, 11) is -3.49. The van der Waals surface area contributed by atoms with E-state index in [1.807, 2.05) is 0 Å². The zero-order valence-corrected chi connectivity index (χ0v) is 9.58. The van der Waals surface area contributed by atoms with Crippen LogP contribution in [-0.2, 0) is 9.84 Å². The van der Waals surface area contributed by atoms with Gasteiger partial charge in [0.25, 0.3) is 0 Å². The Morgan fingerprint density at radius 3 is 2.60 bits per heavy atom. The Balaban J connectivity index is 3.21. The van der Waals surface area contributed by atoms with Gasteiger partial charge in [-0.25, -0.2) is 8.42 Å². The summed E-state index contributed by atoms with van der Waals surface area (Å²) in [5, 5.41) is 9.09. The largest absolute Gasteiger partial charge is 0.398 e. The van der Waals surface area contributed by atoms with Crippen LogP contribution in [0.5, 0.6) is 0 Å². The van der Waals surface area contributed by atoms with Gasteiger partial charge in [-0.2, -0.15) is 0 Å². The molecular formula is C10H15NO3S. The molecule has 0 spiro atoms. The van der Waals surface area contributed by atoms with E-state index in [-0.39, 0.29) is 16.3 Å². The highest BCUT2D eigenvalue weighted by Gasteiger charge is 2.19. The minimum Gasteiger partial charge on any atom is -0.398 e. The lowest BCUT2D eigenvalue weighted by Gasteiger charge is -2.09. The van der Waals surface area contributed by atoms with Crippen LogP contribution in [0, 0.1) is 6.92 Å². The van der Waals surface area contributed by atoms with Gasteiger partial charge in [-0.3, -0.25) is 0 Å². The maximum atomic E-state index is 11.8. The van der Waals surface area contributed by atoms with E-state index in [1.54, 1.807) is 19.1 Å². The Bertz CT molecular complexity index is 452. The Kier molecular flexibility index (Phi) is 3.36. The number of aliphatic hydroxyl groups excluding tert-OH is 1. The van der Waals surface area contributed by atoms with Crippen LogP contribution < -0.4 is 5.73 Å². The van der Waals surface area contributed by atoms with E-state index in [0.29, 0.717) is 0 Å². The molecule has 1 rings (SSSR count). The van der Waals surface area contributed by atoms with E-state index in [2.05, 4.69) is 0 Å². The molecule has 0 radical (unpaired) electrons. The van der Waals surface area contributed by atoms with Crippen LogP contribution in [0.1, 0.15) is 12.5 Å². The zero-order valence-electron chi connectivity index (χ0n) is 8.77. The average Bonchev–Trinajstić information content (AvgIpc) is 2.06. The van der Waals surface area contributed by atoms with Crippen molar-refractivity contribution in [2.24, 2.45) is 0 Å². The summed E-state index contributed by atoms with van der Waals surface area (Å²) in [5.74, 6) is -0.305. The first-order valence-corrected chi connectivity index (χ1v) is 6.25. The molecule has 1 atom stereocenters. The van der Waals surface area contributed by atoms with E-state index in [0.717, 1.165) is 5.56 Å². The van der Waals surface area contributed by atoms with Crippen LogP contribution >= 0.6 is 0 Å². The second kappa shape index (κ2) is 4.20. The van der Waals surface area contributed by atoms with E-state index in [9.17, 15) is 8.42 Å². The van der Waals surface area contributed by atoms with Crippen molar-refractivity contribution in [3.63, 3.8) is 0 Å². The number of hydrogen-bond donors (Lipinski definition) is 2. The van der Waals surface area contributed by atoms with Crippen LogP contribution in [-0.4, -0.2) is 25.4 Å². The van der Waals surface area contributed by atoms with Crippen LogP contribution in [0.15, 0.2) is 23.1 Å². The van der Waals surface area contributed by atoms with Crippen molar-refractivity contribution < 1.29 is 13.5 Å². The molecule has 0 aliphatic heterocycles. The summed E-state index contributed by atoms with van der Waals surface area (Å²) in [5.41, 5.74) is 6.64. The lowest BCUT2D eigenvalue weighted by atomic mass is 10.2. The fraction of sp³-hybridized carbons (Fsp3) is 0.400. The van der Waals surface area contributed by atoms with Gasteiger partial charge < -0.3 is 10.8 Å². The van der Waals surface area contributed by atoms with Gasteiger partial charge in [0.15, 0.2) is 9.84 Å². The van der Waals surface area contributed by atoms with Crippen molar-refractivity contribution in [2.45, 2.75) is 24.8 Å². The highest BCUT2D eigenvalue weighted by Crippen LogP contribution is 2.21. The number of hydrogen-bond acceptors (Lipinski definition) is 4. The van der Waals surface area contributed by atoms with Crippen molar-refractivity contribution >= 4 is 15.5 Å². The molecule has 0 saturated heterocycles. The van der Waals surface area contributed by atoms with E-state index >= 15 is 0 Å². The van der Waals surface area contributed by atoms with Crippen molar-refractivity contribution in [1.82, 2.24) is 0 Å². The zero-order chi connectivity index (χ0) is 11.6. The van der Waals surface area contributed by atoms with Crippen LogP contribution in [0.4, 0.5) is 5.69 Å². The second-order valence-electron chi connectivity index (χ2n) is 3.67. The monoisotopic (exact) mass is 229 g/mol. The Hall–Kier alpha value is -1.07. The quantitative estimate of drug-likeness (QED) is 0.749. The Labute approximate surface area is 89.7 Å². The summed E-state index contributed by atoms with van der Waals surface area (Å²) in [6.45, 7) is 3.23. The van der Waals surface area contributed by atoms with Gasteiger partial charge in [-0.15, -0.1) is 0 Å².